The van der Waals surface area contributed by atoms with Crippen LogP contribution in [0.15, 0.2) is 42.6 Å². The number of ether oxygens (including phenoxy) is 1. The van der Waals surface area contributed by atoms with Crippen molar-refractivity contribution in [2.24, 2.45) is 0 Å². The van der Waals surface area contributed by atoms with Gasteiger partial charge in [-0.25, -0.2) is 4.98 Å². The summed E-state index contributed by atoms with van der Waals surface area (Å²) in [5.41, 5.74) is 3.64. The molecule has 1 aliphatic heterocycles. The lowest BCUT2D eigenvalue weighted by Gasteiger charge is -2.27. The highest BCUT2D eigenvalue weighted by Gasteiger charge is 2.23. The Balaban J connectivity index is 1.82. The molecule has 0 aliphatic carbocycles. The predicted molar refractivity (Wildman–Crippen MR) is 117 cm³/mol. The molecule has 0 saturated carbocycles. The number of pyridine rings is 1. The van der Waals surface area contributed by atoms with Crippen LogP contribution in [0.4, 0.5) is 11.5 Å². The minimum absolute atomic E-state index is 0.0113. The molecule has 0 atom stereocenters. The van der Waals surface area contributed by atoms with Gasteiger partial charge in [0.2, 0.25) is 0 Å². The average Bonchev–Trinajstić information content (AvgIpc) is 2.76. The summed E-state index contributed by atoms with van der Waals surface area (Å²) < 4.78 is 5.39. The number of benzene rings is 2. The number of rotatable bonds is 4. The zero-order valence-electron chi connectivity index (χ0n) is 16.7. The number of aromatic nitrogens is 1. The van der Waals surface area contributed by atoms with E-state index < -0.39 is 0 Å². The van der Waals surface area contributed by atoms with Crippen LogP contribution in [-0.4, -0.2) is 42.1 Å². The molecule has 150 valence electrons. The fraction of sp³-hybridized carbons (Fsp3) is 0.304. The molecule has 6 heteroatoms. The molecule has 1 aliphatic rings. The molecule has 2 heterocycles. The van der Waals surface area contributed by atoms with Crippen LogP contribution in [0.5, 0.6) is 0 Å². The summed E-state index contributed by atoms with van der Waals surface area (Å²) in [6, 6.07) is 11.9. The van der Waals surface area contributed by atoms with E-state index in [9.17, 15) is 4.79 Å². The first kappa shape index (κ1) is 19.7. The quantitative estimate of drug-likeness (QED) is 0.660. The zero-order chi connectivity index (χ0) is 20.4. The molecular weight excluding hydrogens is 386 g/mol. The topological polar surface area (TPSA) is 54.5 Å². The average molecular weight is 410 g/mol. The summed E-state index contributed by atoms with van der Waals surface area (Å²) in [4.78, 5) is 19.7. The fourth-order valence-corrected chi connectivity index (χ4v) is 3.92. The van der Waals surface area contributed by atoms with Gasteiger partial charge in [0, 0.05) is 40.8 Å². The van der Waals surface area contributed by atoms with Crippen molar-refractivity contribution in [3.8, 4) is 0 Å². The molecule has 1 amide bonds. The summed E-state index contributed by atoms with van der Waals surface area (Å²) in [5, 5.41) is 6.01. The van der Waals surface area contributed by atoms with Crippen molar-refractivity contribution in [2.75, 3.05) is 31.6 Å². The van der Waals surface area contributed by atoms with Gasteiger partial charge in [-0.3, -0.25) is 4.79 Å². The summed E-state index contributed by atoms with van der Waals surface area (Å²) in [6.45, 7) is 6.44. The Kier molecular flexibility index (Phi) is 5.69. The lowest BCUT2D eigenvalue weighted by molar-refractivity contribution is 0.0304. The van der Waals surface area contributed by atoms with Gasteiger partial charge in [-0.05, 0) is 36.6 Å². The molecule has 0 spiro atoms. The summed E-state index contributed by atoms with van der Waals surface area (Å²) in [5.74, 6) is 0.733. The Morgan fingerprint density at radius 2 is 1.97 bits per heavy atom. The van der Waals surface area contributed by atoms with Gasteiger partial charge in [0.15, 0.2) is 0 Å². The van der Waals surface area contributed by atoms with Crippen molar-refractivity contribution >= 4 is 39.8 Å². The molecule has 1 saturated heterocycles. The molecule has 2 aromatic carbocycles. The van der Waals surface area contributed by atoms with E-state index in [4.69, 9.17) is 16.3 Å². The van der Waals surface area contributed by atoms with Gasteiger partial charge >= 0.3 is 0 Å². The molecule has 1 N–H and O–H groups in total. The number of amides is 1. The number of hydrogen-bond acceptors (Lipinski definition) is 4. The third-order valence-corrected chi connectivity index (χ3v) is 5.84. The highest BCUT2D eigenvalue weighted by atomic mass is 35.5. The molecule has 0 unspecified atom stereocenters. The van der Waals surface area contributed by atoms with Crippen LogP contribution in [0.3, 0.4) is 0 Å². The van der Waals surface area contributed by atoms with Gasteiger partial charge in [0.05, 0.1) is 18.8 Å². The van der Waals surface area contributed by atoms with Gasteiger partial charge in [0.1, 0.15) is 5.82 Å². The second-order valence-corrected chi connectivity index (χ2v) is 7.56. The number of carbonyl (C=O) groups is 1. The van der Waals surface area contributed by atoms with E-state index in [0.29, 0.717) is 36.9 Å². The van der Waals surface area contributed by atoms with Crippen LogP contribution in [0.2, 0.25) is 5.02 Å². The van der Waals surface area contributed by atoms with Crippen molar-refractivity contribution in [3.05, 3.63) is 64.3 Å². The number of fused-ring (bicyclic) bond motifs is 1. The van der Waals surface area contributed by atoms with E-state index in [1.165, 1.54) is 0 Å². The van der Waals surface area contributed by atoms with Gasteiger partial charge < -0.3 is 15.0 Å². The standard InChI is InChI=1S/C23H24ClN3O2/c1-3-16-6-4-7-17-21(16)18(23(28)27-10-12-29-13-11-27)14-25-22(17)26-20-9-5-8-19(24)15(20)2/h4-9,14H,3,10-13H2,1-2H3,(H,25,26). The number of aryl methyl sites for hydroxylation is 1. The molecule has 29 heavy (non-hydrogen) atoms. The second-order valence-electron chi connectivity index (χ2n) is 7.16. The van der Waals surface area contributed by atoms with Crippen molar-refractivity contribution in [2.45, 2.75) is 20.3 Å². The first-order chi connectivity index (χ1) is 14.1. The molecule has 1 fully saturated rings. The number of nitrogens with one attached hydrogen (secondary N) is 1. The molecule has 1 aromatic heterocycles. The van der Waals surface area contributed by atoms with E-state index in [1.54, 1.807) is 6.20 Å². The summed E-state index contributed by atoms with van der Waals surface area (Å²) in [6.07, 6.45) is 2.53. The maximum absolute atomic E-state index is 13.2. The number of morpholine rings is 1. The Hall–Kier alpha value is -2.63. The minimum atomic E-state index is 0.0113. The maximum Gasteiger partial charge on any atom is 0.256 e. The number of halogens is 1. The normalized spacial score (nSPS) is 14.2. The van der Waals surface area contributed by atoms with Crippen LogP contribution >= 0.6 is 11.6 Å². The van der Waals surface area contributed by atoms with E-state index in [2.05, 4.69) is 23.3 Å². The van der Waals surface area contributed by atoms with Gasteiger partial charge in [-0.2, -0.15) is 0 Å². The molecular formula is C23H24ClN3O2. The van der Waals surface area contributed by atoms with Crippen LogP contribution in [0.25, 0.3) is 10.8 Å². The Bertz CT molecular complexity index is 1060. The van der Waals surface area contributed by atoms with Gasteiger partial charge in [0.25, 0.3) is 5.91 Å². The SMILES string of the molecule is CCc1cccc2c(Nc3cccc(Cl)c3C)ncc(C(=O)N3CCOCC3)c12. The molecule has 0 radical (unpaired) electrons. The monoisotopic (exact) mass is 409 g/mol. The van der Waals surface area contributed by atoms with Gasteiger partial charge in [-0.15, -0.1) is 0 Å². The van der Waals surface area contributed by atoms with Crippen LogP contribution in [-0.2, 0) is 11.2 Å². The second kappa shape index (κ2) is 8.39. The Morgan fingerprint density at radius 1 is 1.21 bits per heavy atom. The summed E-state index contributed by atoms with van der Waals surface area (Å²) in [7, 11) is 0. The number of carbonyl (C=O) groups excluding carboxylic acids is 1. The number of anilines is 2. The third-order valence-electron chi connectivity index (χ3n) is 5.43. The molecule has 3 aromatic rings. The highest BCUT2D eigenvalue weighted by molar-refractivity contribution is 6.31. The third kappa shape index (κ3) is 3.80. The van der Waals surface area contributed by atoms with E-state index in [0.717, 1.165) is 39.8 Å². The molecule has 5 nitrogen and oxygen atoms in total. The van der Waals surface area contributed by atoms with Crippen LogP contribution in [0, 0.1) is 6.92 Å². The largest absolute Gasteiger partial charge is 0.378 e. The minimum Gasteiger partial charge on any atom is -0.378 e. The van der Waals surface area contributed by atoms with E-state index in [1.807, 2.05) is 42.2 Å². The van der Waals surface area contributed by atoms with Crippen molar-refractivity contribution in [1.82, 2.24) is 9.88 Å². The summed E-state index contributed by atoms with van der Waals surface area (Å²) >= 11 is 6.28. The van der Waals surface area contributed by atoms with Crippen molar-refractivity contribution in [1.29, 1.82) is 0 Å². The van der Waals surface area contributed by atoms with Crippen LogP contribution < -0.4 is 5.32 Å². The predicted octanol–water partition coefficient (Wildman–Crippen LogP) is 4.98. The lowest BCUT2D eigenvalue weighted by atomic mass is 9.98. The van der Waals surface area contributed by atoms with Crippen LogP contribution in [0.1, 0.15) is 28.4 Å². The lowest BCUT2D eigenvalue weighted by Crippen LogP contribution is -2.40. The zero-order valence-corrected chi connectivity index (χ0v) is 17.4. The molecule has 0 bridgehead atoms. The van der Waals surface area contributed by atoms with Crippen molar-refractivity contribution in [3.63, 3.8) is 0 Å². The van der Waals surface area contributed by atoms with E-state index >= 15 is 0 Å². The smallest absolute Gasteiger partial charge is 0.256 e. The number of nitrogens with zero attached hydrogens (tertiary/aromatic N) is 2. The number of hydrogen-bond donors (Lipinski definition) is 1. The Labute approximate surface area is 175 Å². The fourth-order valence-electron chi connectivity index (χ4n) is 3.74. The molecule has 4 rings (SSSR count). The Morgan fingerprint density at radius 3 is 2.72 bits per heavy atom. The van der Waals surface area contributed by atoms with Gasteiger partial charge in [-0.1, -0.05) is 42.8 Å². The first-order valence-electron chi connectivity index (χ1n) is 9.90. The van der Waals surface area contributed by atoms with E-state index in [-0.39, 0.29) is 5.91 Å². The first-order valence-corrected chi connectivity index (χ1v) is 10.3. The maximum atomic E-state index is 13.2. The van der Waals surface area contributed by atoms with Crippen molar-refractivity contribution < 1.29 is 9.53 Å². The highest BCUT2D eigenvalue weighted by Crippen LogP contribution is 2.32.